The van der Waals surface area contributed by atoms with E-state index in [2.05, 4.69) is 15.5 Å². The molecular weight excluding hydrogens is 258 g/mol. The molecule has 0 N–H and O–H groups in total. The fourth-order valence-corrected chi connectivity index (χ4v) is 4.01. The van der Waals surface area contributed by atoms with Crippen LogP contribution in [0.3, 0.4) is 0 Å². The van der Waals surface area contributed by atoms with E-state index < -0.39 is 0 Å². The molecule has 4 rings (SSSR count). The van der Waals surface area contributed by atoms with Crippen LogP contribution >= 0.6 is 11.3 Å². The van der Waals surface area contributed by atoms with Crippen LogP contribution in [0.2, 0.25) is 0 Å². The van der Waals surface area contributed by atoms with Gasteiger partial charge >= 0.3 is 0 Å². The van der Waals surface area contributed by atoms with Gasteiger partial charge in [-0.25, -0.2) is 4.98 Å². The second kappa shape index (κ2) is 3.97. The van der Waals surface area contributed by atoms with Gasteiger partial charge in [0, 0.05) is 10.6 Å². The first-order chi connectivity index (χ1) is 9.38. The molecule has 3 aromatic heterocycles. The molecule has 0 fully saturated rings. The summed E-state index contributed by atoms with van der Waals surface area (Å²) in [5.41, 5.74) is 3.12. The van der Waals surface area contributed by atoms with Crippen LogP contribution in [-0.4, -0.2) is 9.38 Å². The summed E-state index contributed by atoms with van der Waals surface area (Å²) in [5.74, 6) is 0.743. The smallest absolute Gasteiger partial charge is 0.195 e. The van der Waals surface area contributed by atoms with Crippen molar-refractivity contribution in [1.82, 2.24) is 9.38 Å². The van der Waals surface area contributed by atoms with Gasteiger partial charge < -0.3 is 4.42 Å². The Morgan fingerprint density at radius 2 is 2.42 bits per heavy atom. The van der Waals surface area contributed by atoms with E-state index in [0.717, 1.165) is 35.0 Å². The minimum atomic E-state index is 0.361. The summed E-state index contributed by atoms with van der Waals surface area (Å²) >= 11 is 1.75. The van der Waals surface area contributed by atoms with Crippen LogP contribution in [0.5, 0.6) is 0 Å². The molecule has 94 valence electrons. The molecule has 0 aliphatic heterocycles. The lowest BCUT2D eigenvalue weighted by Crippen LogP contribution is -1.96. The Morgan fingerprint density at radius 1 is 1.47 bits per heavy atom. The molecule has 4 nitrogen and oxygen atoms in total. The van der Waals surface area contributed by atoms with E-state index in [1.54, 1.807) is 17.6 Å². The summed E-state index contributed by atoms with van der Waals surface area (Å²) in [7, 11) is 0. The summed E-state index contributed by atoms with van der Waals surface area (Å²) in [5, 5.41) is 9.09. The number of fused-ring (bicyclic) bond motifs is 3. The maximum atomic E-state index is 9.09. The first kappa shape index (κ1) is 10.8. The summed E-state index contributed by atoms with van der Waals surface area (Å²) in [4.78, 5) is 7.08. The van der Waals surface area contributed by atoms with Gasteiger partial charge in [0.25, 0.3) is 0 Å². The number of hydrogen-bond acceptors (Lipinski definition) is 4. The number of aromatic nitrogens is 2. The molecule has 0 radical (unpaired) electrons. The molecule has 0 bridgehead atoms. The normalized spacial score (nSPS) is 13.8. The average molecular weight is 269 g/mol. The van der Waals surface area contributed by atoms with Crippen LogP contribution in [-0.2, 0) is 19.3 Å². The lowest BCUT2D eigenvalue weighted by atomic mass is 10.2. The molecule has 3 aromatic rings. The van der Waals surface area contributed by atoms with Crippen LogP contribution < -0.4 is 0 Å². The van der Waals surface area contributed by atoms with Crippen molar-refractivity contribution in [2.45, 2.75) is 25.7 Å². The first-order valence-corrected chi connectivity index (χ1v) is 7.13. The molecular formula is C14H11N3OS. The lowest BCUT2D eigenvalue weighted by Gasteiger charge is -2.00. The third-order valence-electron chi connectivity index (χ3n) is 3.57. The standard InChI is InChI=1S/C14H11N3OS/c15-7-6-10-13(11-4-2-8-18-11)16-14-17(10)9-3-1-5-12(9)19-14/h2,4,8H,1,3,5-6H2. The van der Waals surface area contributed by atoms with E-state index in [1.165, 1.54) is 17.0 Å². The molecule has 0 saturated heterocycles. The SMILES string of the molecule is N#CCc1c(-c2ccco2)nc2sc3c(n12)CCC3. The van der Waals surface area contributed by atoms with E-state index in [-0.39, 0.29) is 0 Å². The van der Waals surface area contributed by atoms with Crippen molar-refractivity contribution in [2.24, 2.45) is 0 Å². The van der Waals surface area contributed by atoms with E-state index in [0.29, 0.717) is 6.42 Å². The van der Waals surface area contributed by atoms with Crippen molar-refractivity contribution in [2.75, 3.05) is 0 Å². The molecule has 1 aliphatic carbocycles. The van der Waals surface area contributed by atoms with Crippen molar-refractivity contribution in [3.63, 3.8) is 0 Å². The number of nitrogens with zero attached hydrogens (tertiary/aromatic N) is 3. The highest BCUT2D eigenvalue weighted by Gasteiger charge is 2.24. The van der Waals surface area contributed by atoms with Gasteiger partial charge in [0.2, 0.25) is 0 Å². The number of aryl methyl sites for hydroxylation is 2. The number of thiazole rings is 1. The largest absolute Gasteiger partial charge is 0.463 e. The van der Waals surface area contributed by atoms with Gasteiger partial charge in [-0.05, 0) is 31.4 Å². The second-order valence-corrected chi connectivity index (χ2v) is 5.72. The van der Waals surface area contributed by atoms with Gasteiger partial charge in [-0.1, -0.05) is 0 Å². The van der Waals surface area contributed by atoms with E-state index in [4.69, 9.17) is 9.68 Å². The quantitative estimate of drug-likeness (QED) is 0.717. The van der Waals surface area contributed by atoms with Gasteiger partial charge in [-0.3, -0.25) is 4.40 Å². The number of imidazole rings is 1. The predicted molar refractivity (Wildman–Crippen MR) is 72.1 cm³/mol. The Kier molecular flexibility index (Phi) is 2.26. The van der Waals surface area contributed by atoms with E-state index in [1.807, 2.05) is 12.1 Å². The zero-order chi connectivity index (χ0) is 12.8. The fraction of sp³-hybridized carbons (Fsp3) is 0.286. The Labute approximate surface area is 113 Å². The zero-order valence-electron chi connectivity index (χ0n) is 10.2. The topological polar surface area (TPSA) is 54.2 Å². The minimum Gasteiger partial charge on any atom is -0.463 e. The summed E-state index contributed by atoms with van der Waals surface area (Å²) in [6.45, 7) is 0. The fourth-order valence-electron chi connectivity index (χ4n) is 2.78. The zero-order valence-corrected chi connectivity index (χ0v) is 11.0. The predicted octanol–water partition coefficient (Wildman–Crippen LogP) is 3.21. The number of rotatable bonds is 2. The van der Waals surface area contributed by atoms with Crippen LogP contribution in [0, 0.1) is 11.3 Å². The van der Waals surface area contributed by atoms with Crippen molar-refractivity contribution in [3.8, 4) is 17.5 Å². The molecule has 0 spiro atoms. The molecule has 0 unspecified atom stereocenters. The molecule has 3 heterocycles. The molecule has 1 aliphatic rings. The maximum absolute atomic E-state index is 9.09. The van der Waals surface area contributed by atoms with Crippen molar-refractivity contribution >= 4 is 16.3 Å². The summed E-state index contributed by atoms with van der Waals surface area (Å²) < 4.78 is 7.62. The van der Waals surface area contributed by atoms with Gasteiger partial charge in [-0.15, -0.1) is 11.3 Å². The van der Waals surface area contributed by atoms with Crippen molar-refractivity contribution < 1.29 is 4.42 Å². The lowest BCUT2D eigenvalue weighted by molar-refractivity contribution is 0.580. The number of nitriles is 1. The highest BCUT2D eigenvalue weighted by Crippen LogP contribution is 2.35. The number of hydrogen-bond donors (Lipinski definition) is 0. The third kappa shape index (κ3) is 1.47. The minimum absolute atomic E-state index is 0.361. The van der Waals surface area contributed by atoms with Gasteiger partial charge in [0.15, 0.2) is 10.7 Å². The maximum Gasteiger partial charge on any atom is 0.195 e. The summed E-state index contributed by atoms with van der Waals surface area (Å²) in [6, 6.07) is 5.99. The van der Waals surface area contributed by atoms with Gasteiger partial charge in [0.05, 0.1) is 24.4 Å². The first-order valence-electron chi connectivity index (χ1n) is 6.31. The average Bonchev–Trinajstić information content (AvgIpc) is 3.09. The van der Waals surface area contributed by atoms with Gasteiger partial charge in [0.1, 0.15) is 5.69 Å². The summed E-state index contributed by atoms with van der Waals surface area (Å²) in [6.07, 6.45) is 5.44. The van der Waals surface area contributed by atoms with Crippen LogP contribution in [0.4, 0.5) is 0 Å². The van der Waals surface area contributed by atoms with E-state index >= 15 is 0 Å². The van der Waals surface area contributed by atoms with Gasteiger partial charge in [-0.2, -0.15) is 5.26 Å². The monoisotopic (exact) mass is 269 g/mol. The Morgan fingerprint density at radius 3 is 3.21 bits per heavy atom. The second-order valence-electron chi connectivity index (χ2n) is 4.66. The van der Waals surface area contributed by atoms with E-state index in [9.17, 15) is 0 Å². The highest BCUT2D eigenvalue weighted by molar-refractivity contribution is 7.17. The van der Waals surface area contributed by atoms with Crippen LogP contribution in [0.25, 0.3) is 16.4 Å². The molecule has 5 heteroatoms. The third-order valence-corrected chi connectivity index (χ3v) is 4.71. The Balaban J connectivity index is 2.02. The molecule has 19 heavy (non-hydrogen) atoms. The highest BCUT2D eigenvalue weighted by atomic mass is 32.1. The van der Waals surface area contributed by atoms with Crippen LogP contribution in [0.1, 0.15) is 22.7 Å². The van der Waals surface area contributed by atoms with Crippen molar-refractivity contribution in [1.29, 1.82) is 5.26 Å². The molecule has 0 amide bonds. The molecule has 0 atom stereocenters. The molecule has 0 saturated carbocycles. The number of furan rings is 1. The Hall–Kier alpha value is -2.06. The molecule has 0 aromatic carbocycles. The van der Waals surface area contributed by atoms with Crippen molar-refractivity contribution in [3.05, 3.63) is 34.7 Å². The Bertz CT molecular complexity index is 789. The van der Waals surface area contributed by atoms with Crippen LogP contribution in [0.15, 0.2) is 22.8 Å².